The molecule has 0 spiro atoms. The van der Waals surface area contributed by atoms with Crippen molar-refractivity contribution in [3.63, 3.8) is 0 Å². The van der Waals surface area contributed by atoms with Crippen LogP contribution in [-0.2, 0) is 9.59 Å². The fourth-order valence-corrected chi connectivity index (χ4v) is 2.22. The highest BCUT2D eigenvalue weighted by molar-refractivity contribution is 8.14. The van der Waals surface area contributed by atoms with E-state index in [1.807, 2.05) is 0 Å². The standard InChI is InChI=1S/C9H16O2S/c1-4-5-9(6-7(2)10)12-8(3)11/h9H,4-6H2,1-3H3/t9-/m0/s1. The number of hydrogen-bond acceptors (Lipinski definition) is 3. The van der Waals surface area contributed by atoms with Crippen molar-refractivity contribution in [2.24, 2.45) is 0 Å². The van der Waals surface area contributed by atoms with E-state index in [1.165, 1.54) is 11.8 Å². The number of rotatable bonds is 5. The quantitative estimate of drug-likeness (QED) is 0.664. The van der Waals surface area contributed by atoms with Gasteiger partial charge in [-0.3, -0.25) is 9.59 Å². The molecular weight excluding hydrogens is 172 g/mol. The molecule has 0 aromatic rings. The van der Waals surface area contributed by atoms with Crippen molar-refractivity contribution >= 4 is 22.7 Å². The van der Waals surface area contributed by atoms with E-state index in [-0.39, 0.29) is 16.1 Å². The Morgan fingerprint density at radius 2 is 1.92 bits per heavy atom. The van der Waals surface area contributed by atoms with Crippen LogP contribution >= 0.6 is 11.8 Å². The summed E-state index contributed by atoms with van der Waals surface area (Å²) in [5, 5.41) is 0.305. The van der Waals surface area contributed by atoms with Crippen molar-refractivity contribution in [3.05, 3.63) is 0 Å². The number of hydrogen-bond donors (Lipinski definition) is 0. The molecule has 0 saturated carbocycles. The Balaban J connectivity index is 3.85. The molecule has 2 nitrogen and oxygen atoms in total. The van der Waals surface area contributed by atoms with Gasteiger partial charge in [0.25, 0.3) is 0 Å². The molecule has 0 aliphatic heterocycles. The smallest absolute Gasteiger partial charge is 0.186 e. The molecule has 0 radical (unpaired) electrons. The monoisotopic (exact) mass is 188 g/mol. The van der Waals surface area contributed by atoms with Crippen LogP contribution in [-0.4, -0.2) is 16.1 Å². The second-order valence-corrected chi connectivity index (χ2v) is 4.40. The summed E-state index contributed by atoms with van der Waals surface area (Å²) >= 11 is 1.29. The Morgan fingerprint density at radius 3 is 2.25 bits per heavy atom. The summed E-state index contributed by atoms with van der Waals surface area (Å²) in [6.45, 7) is 5.19. The van der Waals surface area contributed by atoms with Crippen LogP contribution < -0.4 is 0 Å². The SMILES string of the molecule is CCC[C@@H](CC(C)=O)SC(C)=O. The lowest BCUT2D eigenvalue weighted by atomic mass is 10.1. The predicted molar refractivity (Wildman–Crippen MR) is 52.3 cm³/mol. The highest BCUT2D eigenvalue weighted by atomic mass is 32.2. The Labute approximate surface area is 78.1 Å². The maximum Gasteiger partial charge on any atom is 0.186 e. The maximum atomic E-state index is 10.8. The summed E-state index contributed by atoms with van der Waals surface area (Å²) in [6, 6.07) is 0. The lowest BCUT2D eigenvalue weighted by Crippen LogP contribution is -2.09. The van der Waals surface area contributed by atoms with Crippen LogP contribution in [0.5, 0.6) is 0 Å². The van der Waals surface area contributed by atoms with Crippen LogP contribution in [0.4, 0.5) is 0 Å². The summed E-state index contributed by atoms with van der Waals surface area (Å²) in [6.07, 6.45) is 2.50. The number of thioether (sulfide) groups is 1. The molecule has 0 aromatic carbocycles. The van der Waals surface area contributed by atoms with Crippen molar-refractivity contribution in [2.75, 3.05) is 0 Å². The minimum Gasteiger partial charge on any atom is -0.300 e. The summed E-state index contributed by atoms with van der Waals surface area (Å²) < 4.78 is 0. The molecule has 12 heavy (non-hydrogen) atoms. The molecule has 70 valence electrons. The number of ketones is 1. The second-order valence-electron chi connectivity index (χ2n) is 2.93. The Morgan fingerprint density at radius 1 is 1.33 bits per heavy atom. The highest BCUT2D eigenvalue weighted by Crippen LogP contribution is 2.20. The lowest BCUT2D eigenvalue weighted by molar-refractivity contribution is -0.117. The summed E-state index contributed by atoms with van der Waals surface area (Å²) in [4.78, 5) is 21.5. The van der Waals surface area contributed by atoms with Crippen LogP contribution in [0.25, 0.3) is 0 Å². The number of carbonyl (C=O) groups is 2. The molecule has 3 heteroatoms. The molecule has 0 bridgehead atoms. The van der Waals surface area contributed by atoms with Gasteiger partial charge in [0.05, 0.1) is 0 Å². The van der Waals surface area contributed by atoms with Gasteiger partial charge < -0.3 is 0 Å². The zero-order valence-electron chi connectivity index (χ0n) is 7.92. The van der Waals surface area contributed by atoms with E-state index < -0.39 is 0 Å². The first-order valence-electron chi connectivity index (χ1n) is 4.23. The Hall–Kier alpha value is -0.310. The normalized spacial score (nSPS) is 12.6. The highest BCUT2D eigenvalue weighted by Gasteiger charge is 2.12. The molecule has 0 aliphatic rings. The zero-order chi connectivity index (χ0) is 9.56. The Kier molecular flexibility index (Phi) is 6.07. The van der Waals surface area contributed by atoms with E-state index in [2.05, 4.69) is 6.92 Å². The van der Waals surface area contributed by atoms with Gasteiger partial charge in [-0.25, -0.2) is 0 Å². The van der Waals surface area contributed by atoms with Gasteiger partial charge >= 0.3 is 0 Å². The van der Waals surface area contributed by atoms with E-state index in [4.69, 9.17) is 0 Å². The fourth-order valence-electron chi connectivity index (χ4n) is 1.08. The van der Waals surface area contributed by atoms with Gasteiger partial charge in [0.2, 0.25) is 0 Å². The van der Waals surface area contributed by atoms with Crippen molar-refractivity contribution in [2.45, 2.75) is 45.3 Å². The van der Waals surface area contributed by atoms with Gasteiger partial charge in [0.15, 0.2) is 5.12 Å². The average molecular weight is 188 g/mol. The third-order valence-corrected chi connectivity index (χ3v) is 2.53. The van der Waals surface area contributed by atoms with Gasteiger partial charge in [-0.1, -0.05) is 25.1 Å². The van der Waals surface area contributed by atoms with Crippen molar-refractivity contribution in [3.8, 4) is 0 Å². The average Bonchev–Trinajstić information content (AvgIpc) is 1.84. The lowest BCUT2D eigenvalue weighted by Gasteiger charge is -2.10. The predicted octanol–water partition coefficient (Wildman–Crippen LogP) is 2.41. The largest absolute Gasteiger partial charge is 0.300 e. The van der Waals surface area contributed by atoms with E-state index in [0.717, 1.165) is 12.8 Å². The first-order chi connectivity index (χ1) is 5.56. The van der Waals surface area contributed by atoms with Crippen LogP contribution in [0.1, 0.15) is 40.0 Å². The molecule has 0 N–H and O–H groups in total. The van der Waals surface area contributed by atoms with Crippen molar-refractivity contribution in [1.29, 1.82) is 0 Å². The van der Waals surface area contributed by atoms with Gasteiger partial charge in [0.1, 0.15) is 5.78 Å². The summed E-state index contributed by atoms with van der Waals surface area (Å²) in [5.41, 5.74) is 0. The van der Waals surface area contributed by atoms with Crippen molar-refractivity contribution in [1.82, 2.24) is 0 Å². The van der Waals surface area contributed by atoms with E-state index in [9.17, 15) is 9.59 Å². The molecule has 0 aliphatic carbocycles. The fraction of sp³-hybridized carbons (Fsp3) is 0.778. The van der Waals surface area contributed by atoms with E-state index in [1.54, 1.807) is 13.8 Å². The van der Waals surface area contributed by atoms with E-state index >= 15 is 0 Å². The molecule has 0 aromatic heterocycles. The first kappa shape index (κ1) is 11.7. The van der Waals surface area contributed by atoms with Gasteiger partial charge in [-0.15, -0.1) is 0 Å². The molecule has 0 heterocycles. The number of carbonyl (C=O) groups excluding carboxylic acids is 2. The van der Waals surface area contributed by atoms with E-state index in [0.29, 0.717) is 6.42 Å². The van der Waals surface area contributed by atoms with Crippen LogP contribution in [0, 0.1) is 0 Å². The minimum absolute atomic E-state index is 0.106. The Bertz CT molecular complexity index is 150. The maximum absolute atomic E-state index is 10.8. The van der Waals surface area contributed by atoms with Crippen LogP contribution in [0.15, 0.2) is 0 Å². The molecule has 0 saturated heterocycles. The third kappa shape index (κ3) is 6.40. The molecule has 0 amide bonds. The van der Waals surface area contributed by atoms with Gasteiger partial charge in [0, 0.05) is 18.6 Å². The van der Waals surface area contributed by atoms with Crippen LogP contribution in [0.2, 0.25) is 0 Å². The minimum atomic E-state index is 0.106. The number of Topliss-reactive ketones (excluding diaryl/α,β-unsaturated/α-hetero) is 1. The molecule has 1 atom stereocenters. The second kappa shape index (κ2) is 6.23. The first-order valence-corrected chi connectivity index (χ1v) is 5.10. The summed E-state index contributed by atoms with van der Waals surface area (Å²) in [5.74, 6) is 0.169. The summed E-state index contributed by atoms with van der Waals surface area (Å²) in [7, 11) is 0. The third-order valence-electron chi connectivity index (χ3n) is 1.46. The molecule has 0 fully saturated rings. The molecular formula is C9H16O2S. The van der Waals surface area contributed by atoms with Crippen LogP contribution in [0.3, 0.4) is 0 Å². The molecule has 0 unspecified atom stereocenters. The van der Waals surface area contributed by atoms with Gasteiger partial charge in [-0.2, -0.15) is 0 Å². The topological polar surface area (TPSA) is 34.1 Å². The van der Waals surface area contributed by atoms with Crippen molar-refractivity contribution < 1.29 is 9.59 Å². The molecule has 0 rings (SSSR count). The zero-order valence-corrected chi connectivity index (χ0v) is 8.74. The van der Waals surface area contributed by atoms with Gasteiger partial charge in [-0.05, 0) is 13.3 Å².